The summed E-state index contributed by atoms with van der Waals surface area (Å²) in [5.41, 5.74) is 3.27. The number of hydrogen-bond donors (Lipinski definition) is 2. The van der Waals surface area contributed by atoms with E-state index in [4.69, 9.17) is 25.8 Å². The number of carbonyl (C=O) groups excluding carboxylic acids is 3. The molecule has 0 saturated heterocycles. The first-order valence-electron chi connectivity index (χ1n) is 9.84. The van der Waals surface area contributed by atoms with E-state index < -0.39 is 17.8 Å². The highest BCUT2D eigenvalue weighted by molar-refractivity contribution is 6.39. The minimum atomic E-state index is -0.962. The second-order valence-electron chi connectivity index (χ2n) is 6.66. The number of anilines is 1. The van der Waals surface area contributed by atoms with Gasteiger partial charge in [0.25, 0.3) is 0 Å². The lowest BCUT2D eigenvalue weighted by molar-refractivity contribution is -0.136. The minimum Gasteiger partial charge on any atom is -0.497 e. The predicted molar refractivity (Wildman–Crippen MR) is 127 cm³/mol. The summed E-state index contributed by atoms with van der Waals surface area (Å²) >= 11 is 6.03. The lowest BCUT2D eigenvalue weighted by Crippen LogP contribution is -2.32. The van der Waals surface area contributed by atoms with Gasteiger partial charge < -0.3 is 19.5 Å². The van der Waals surface area contributed by atoms with Crippen LogP contribution < -0.4 is 25.0 Å². The lowest BCUT2D eigenvalue weighted by atomic mass is 10.2. The van der Waals surface area contributed by atoms with E-state index in [9.17, 15) is 14.4 Å². The molecule has 3 aromatic rings. The van der Waals surface area contributed by atoms with Crippen molar-refractivity contribution in [2.45, 2.75) is 0 Å². The monoisotopic (exact) mass is 481 g/mol. The van der Waals surface area contributed by atoms with Gasteiger partial charge in [-0.1, -0.05) is 29.8 Å². The molecule has 0 aliphatic heterocycles. The first-order chi connectivity index (χ1) is 16.4. The van der Waals surface area contributed by atoms with Crippen molar-refractivity contribution >= 4 is 41.3 Å². The van der Waals surface area contributed by atoms with Crippen LogP contribution in [-0.2, 0) is 9.59 Å². The molecule has 3 rings (SSSR count). The van der Waals surface area contributed by atoms with Crippen molar-refractivity contribution < 1.29 is 28.6 Å². The molecule has 10 heteroatoms. The van der Waals surface area contributed by atoms with Crippen molar-refractivity contribution in [2.75, 3.05) is 19.5 Å². The molecule has 9 nitrogen and oxygen atoms in total. The first-order valence-corrected chi connectivity index (χ1v) is 10.2. The largest absolute Gasteiger partial charge is 0.497 e. The number of rotatable bonds is 7. The van der Waals surface area contributed by atoms with Crippen LogP contribution in [0.3, 0.4) is 0 Å². The van der Waals surface area contributed by atoms with Crippen molar-refractivity contribution in [3.63, 3.8) is 0 Å². The van der Waals surface area contributed by atoms with Crippen LogP contribution in [0.25, 0.3) is 0 Å². The minimum absolute atomic E-state index is 0.172. The summed E-state index contributed by atoms with van der Waals surface area (Å²) in [4.78, 5) is 36.4. The topological polar surface area (TPSA) is 115 Å². The van der Waals surface area contributed by atoms with Crippen LogP contribution in [0.4, 0.5) is 5.69 Å². The number of benzene rings is 3. The molecule has 0 unspecified atom stereocenters. The SMILES string of the molecule is COc1cccc(NC(=O)C(=O)NN=Cc2ccc(OC(=O)c3ccccc3Cl)c(OC)c2)c1. The number of nitrogens with one attached hydrogen (secondary N) is 2. The molecule has 0 bridgehead atoms. The Balaban J connectivity index is 1.61. The van der Waals surface area contributed by atoms with Gasteiger partial charge in [-0.25, -0.2) is 10.2 Å². The number of amides is 2. The van der Waals surface area contributed by atoms with Gasteiger partial charge in [-0.3, -0.25) is 9.59 Å². The number of nitrogens with zero attached hydrogens (tertiary/aromatic N) is 1. The molecular formula is C24H20ClN3O6. The fraction of sp³-hybridized carbons (Fsp3) is 0.0833. The fourth-order valence-electron chi connectivity index (χ4n) is 2.74. The van der Waals surface area contributed by atoms with E-state index in [0.29, 0.717) is 17.0 Å². The van der Waals surface area contributed by atoms with Gasteiger partial charge >= 0.3 is 17.8 Å². The average Bonchev–Trinajstić information content (AvgIpc) is 2.85. The van der Waals surface area contributed by atoms with Crippen LogP contribution in [0.2, 0.25) is 5.02 Å². The van der Waals surface area contributed by atoms with Crippen LogP contribution in [-0.4, -0.2) is 38.2 Å². The Morgan fingerprint density at radius 3 is 2.41 bits per heavy atom. The molecule has 0 heterocycles. The number of hydrazone groups is 1. The van der Waals surface area contributed by atoms with Crippen molar-refractivity contribution in [1.82, 2.24) is 5.43 Å². The third-order valence-corrected chi connectivity index (χ3v) is 4.73. The molecule has 0 aliphatic rings. The number of esters is 1. The molecule has 0 atom stereocenters. The highest BCUT2D eigenvalue weighted by Gasteiger charge is 2.16. The Labute approximate surface area is 200 Å². The average molecular weight is 482 g/mol. The zero-order valence-electron chi connectivity index (χ0n) is 18.2. The number of halogens is 1. The van der Waals surface area contributed by atoms with Crippen molar-refractivity contribution in [3.05, 3.63) is 82.9 Å². The molecule has 174 valence electrons. The zero-order chi connectivity index (χ0) is 24.5. The number of carbonyl (C=O) groups is 3. The molecule has 0 aromatic heterocycles. The fourth-order valence-corrected chi connectivity index (χ4v) is 2.95. The summed E-state index contributed by atoms with van der Waals surface area (Å²) in [6, 6.07) is 17.7. The standard InChI is InChI=1S/C24H20ClN3O6/c1-32-17-7-5-6-16(13-17)27-22(29)23(30)28-26-14-15-10-11-20(21(12-15)33-2)34-24(31)18-8-3-4-9-19(18)25/h3-14H,1-2H3,(H,27,29)(H,28,30). The number of methoxy groups -OCH3 is 2. The molecule has 0 radical (unpaired) electrons. The predicted octanol–water partition coefficient (Wildman–Crippen LogP) is 3.67. The molecular weight excluding hydrogens is 462 g/mol. The summed E-state index contributed by atoms with van der Waals surface area (Å²) in [5, 5.41) is 6.48. The third-order valence-electron chi connectivity index (χ3n) is 4.40. The van der Waals surface area contributed by atoms with Gasteiger partial charge in [0.15, 0.2) is 11.5 Å². The van der Waals surface area contributed by atoms with Gasteiger partial charge in [-0.05, 0) is 48.0 Å². The maximum absolute atomic E-state index is 12.4. The maximum Gasteiger partial charge on any atom is 0.345 e. The molecule has 3 aromatic carbocycles. The molecule has 34 heavy (non-hydrogen) atoms. The van der Waals surface area contributed by atoms with E-state index in [0.717, 1.165) is 0 Å². The van der Waals surface area contributed by atoms with Gasteiger partial charge in [-0.2, -0.15) is 5.10 Å². The Hall–Kier alpha value is -4.37. The van der Waals surface area contributed by atoms with E-state index in [1.807, 2.05) is 0 Å². The number of hydrogen-bond acceptors (Lipinski definition) is 7. The molecule has 2 N–H and O–H groups in total. The second-order valence-corrected chi connectivity index (χ2v) is 7.07. The van der Waals surface area contributed by atoms with Gasteiger partial charge in [0.1, 0.15) is 5.75 Å². The quantitative estimate of drug-likeness (QED) is 0.175. The van der Waals surface area contributed by atoms with Crippen LogP contribution in [0.5, 0.6) is 17.2 Å². The van der Waals surface area contributed by atoms with Crippen molar-refractivity contribution in [1.29, 1.82) is 0 Å². The zero-order valence-corrected chi connectivity index (χ0v) is 19.0. The van der Waals surface area contributed by atoms with Crippen molar-refractivity contribution in [2.24, 2.45) is 5.10 Å². The highest BCUT2D eigenvalue weighted by Crippen LogP contribution is 2.29. The van der Waals surface area contributed by atoms with Gasteiger partial charge in [0.05, 0.1) is 31.0 Å². The van der Waals surface area contributed by atoms with E-state index in [1.165, 1.54) is 26.5 Å². The summed E-state index contributed by atoms with van der Waals surface area (Å²) < 4.78 is 15.7. The van der Waals surface area contributed by atoms with Crippen LogP contribution >= 0.6 is 11.6 Å². The van der Waals surface area contributed by atoms with E-state index in [1.54, 1.807) is 60.7 Å². The molecule has 0 spiro atoms. The number of ether oxygens (including phenoxy) is 3. The Kier molecular flexibility index (Phi) is 8.20. The van der Waals surface area contributed by atoms with Gasteiger partial charge in [-0.15, -0.1) is 0 Å². The maximum atomic E-state index is 12.4. The summed E-state index contributed by atoms with van der Waals surface area (Å²) in [6.07, 6.45) is 1.30. The molecule has 0 aliphatic carbocycles. The third kappa shape index (κ3) is 6.33. The summed E-state index contributed by atoms with van der Waals surface area (Å²) in [7, 11) is 2.90. The van der Waals surface area contributed by atoms with Crippen LogP contribution in [0, 0.1) is 0 Å². The van der Waals surface area contributed by atoms with Crippen molar-refractivity contribution in [3.8, 4) is 17.2 Å². The molecule has 2 amide bonds. The second kappa shape index (κ2) is 11.5. The van der Waals surface area contributed by atoms with E-state index in [-0.39, 0.29) is 22.1 Å². The van der Waals surface area contributed by atoms with Gasteiger partial charge in [0.2, 0.25) is 0 Å². The normalized spacial score (nSPS) is 10.4. The summed E-state index contributed by atoms with van der Waals surface area (Å²) in [5.74, 6) is -1.54. The van der Waals surface area contributed by atoms with Crippen LogP contribution in [0.1, 0.15) is 15.9 Å². The Morgan fingerprint density at radius 2 is 1.68 bits per heavy atom. The van der Waals surface area contributed by atoms with Crippen LogP contribution in [0.15, 0.2) is 71.8 Å². The van der Waals surface area contributed by atoms with Gasteiger partial charge in [0, 0.05) is 11.8 Å². The first kappa shape index (κ1) is 24.3. The van der Waals surface area contributed by atoms with E-state index >= 15 is 0 Å². The molecule has 0 fully saturated rings. The highest BCUT2D eigenvalue weighted by atomic mass is 35.5. The van der Waals surface area contributed by atoms with E-state index in [2.05, 4.69) is 15.8 Å². The smallest absolute Gasteiger partial charge is 0.345 e. The summed E-state index contributed by atoms with van der Waals surface area (Å²) in [6.45, 7) is 0. The Bertz CT molecular complexity index is 1240. The molecule has 0 saturated carbocycles. The Morgan fingerprint density at radius 1 is 0.882 bits per heavy atom. The lowest BCUT2D eigenvalue weighted by Gasteiger charge is -2.10.